The van der Waals surface area contributed by atoms with Crippen LogP contribution in [-0.2, 0) is 4.79 Å². The topological polar surface area (TPSA) is 61.4 Å². The van der Waals surface area contributed by atoms with Crippen LogP contribution in [0.25, 0.3) is 0 Å². The molecule has 0 aromatic heterocycles. The molecular weight excluding hydrogens is 333 g/mol. The van der Waals surface area contributed by atoms with Crippen LogP contribution in [0, 0.1) is 13.8 Å². The fraction of sp³-hybridized carbons (Fsp3) is 0.278. The van der Waals surface area contributed by atoms with Crippen LogP contribution in [0.4, 0.5) is 24.5 Å². The number of benzene rings is 2. The second kappa shape index (κ2) is 7.57. The molecule has 0 aliphatic rings. The van der Waals surface area contributed by atoms with Gasteiger partial charge in [-0.25, -0.2) is 0 Å². The molecule has 3 N–H and O–H groups in total. The molecule has 25 heavy (non-hydrogen) atoms. The van der Waals surface area contributed by atoms with E-state index in [1.807, 2.05) is 26.0 Å². The second-order valence-electron chi connectivity index (χ2n) is 5.75. The molecule has 1 amide bonds. The first-order chi connectivity index (χ1) is 11.7. The number of hydrogen-bond donors (Lipinski definition) is 3. The number of aliphatic hydroxyl groups is 1. The van der Waals surface area contributed by atoms with Crippen LogP contribution in [0.1, 0.15) is 22.8 Å². The van der Waals surface area contributed by atoms with Gasteiger partial charge in [-0.05, 0) is 31.5 Å². The Labute approximate surface area is 143 Å². The van der Waals surface area contributed by atoms with Crippen molar-refractivity contribution in [2.24, 2.45) is 0 Å². The third-order valence-electron chi connectivity index (χ3n) is 3.66. The molecule has 0 spiro atoms. The zero-order chi connectivity index (χ0) is 18.6. The third kappa shape index (κ3) is 4.96. The van der Waals surface area contributed by atoms with Crippen molar-refractivity contribution in [2.45, 2.75) is 26.1 Å². The summed E-state index contributed by atoms with van der Waals surface area (Å²) < 4.78 is 38.2. The van der Waals surface area contributed by atoms with Gasteiger partial charge in [0.1, 0.15) is 0 Å². The van der Waals surface area contributed by atoms with Gasteiger partial charge in [0.2, 0.25) is 5.91 Å². The first-order valence-electron chi connectivity index (χ1n) is 7.63. The lowest BCUT2D eigenvalue weighted by atomic mass is 10.1. The van der Waals surface area contributed by atoms with Crippen LogP contribution in [0.2, 0.25) is 0 Å². The van der Waals surface area contributed by atoms with Crippen molar-refractivity contribution in [2.75, 3.05) is 17.2 Å². The van der Waals surface area contributed by atoms with Crippen molar-refractivity contribution in [1.82, 2.24) is 0 Å². The van der Waals surface area contributed by atoms with E-state index in [0.717, 1.165) is 11.1 Å². The van der Waals surface area contributed by atoms with Crippen LogP contribution >= 0.6 is 0 Å². The Morgan fingerprint density at radius 2 is 1.80 bits per heavy atom. The molecule has 0 bridgehead atoms. The van der Waals surface area contributed by atoms with E-state index in [0.29, 0.717) is 5.69 Å². The van der Waals surface area contributed by atoms with Crippen LogP contribution in [0.5, 0.6) is 0 Å². The molecule has 1 atom stereocenters. The average molecular weight is 352 g/mol. The van der Waals surface area contributed by atoms with E-state index in [1.165, 1.54) is 24.3 Å². The van der Waals surface area contributed by atoms with Crippen molar-refractivity contribution in [3.63, 3.8) is 0 Å². The monoisotopic (exact) mass is 352 g/mol. The summed E-state index contributed by atoms with van der Waals surface area (Å²) in [6.07, 6.45) is -7.39. The summed E-state index contributed by atoms with van der Waals surface area (Å²) in [6.45, 7) is 3.56. The zero-order valence-electron chi connectivity index (χ0n) is 13.8. The number of aryl methyl sites for hydroxylation is 2. The standard InChI is InChI=1S/C18H19F3N2O2/c1-11-7-8-14(12(2)9-11)23-16(24)10-22-15-6-4-3-5-13(15)17(25)18(19,20)21/h3-9,17,22,25H,10H2,1-2H3,(H,23,24)/t17-/m0/s1. The highest BCUT2D eigenvalue weighted by molar-refractivity contribution is 5.94. The van der Waals surface area contributed by atoms with Gasteiger partial charge in [0.05, 0.1) is 6.54 Å². The lowest BCUT2D eigenvalue weighted by Crippen LogP contribution is -2.25. The van der Waals surface area contributed by atoms with Crippen LogP contribution in [0.15, 0.2) is 42.5 Å². The van der Waals surface area contributed by atoms with E-state index < -0.39 is 18.2 Å². The number of carbonyl (C=O) groups is 1. The van der Waals surface area contributed by atoms with Crippen molar-refractivity contribution in [3.05, 3.63) is 59.2 Å². The van der Waals surface area contributed by atoms with E-state index in [-0.39, 0.29) is 17.8 Å². The normalized spacial score (nSPS) is 12.6. The van der Waals surface area contributed by atoms with Gasteiger partial charge in [-0.2, -0.15) is 13.2 Å². The minimum absolute atomic E-state index is 0.0584. The van der Waals surface area contributed by atoms with Gasteiger partial charge in [-0.1, -0.05) is 35.9 Å². The molecule has 0 heterocycles. The number of para-hydroxylation sites is 1. The lowest BCUT2D eigenvalue weighted by molar-refractivity contribution is -0.206. The molecule has 2 aromatic carbocycles. The molecule has 0 saturated carbocycles. The zero-order valence-corrected chi connectivity index (χ0v) is 13.8. The third-order valence-corrected chi connectivity index (χ3v) is 3.66. The maximum atomic E-state index is 12.7. The van der Waals surface area contributed by atoms with Gasteiger partial charge >= 0.3 is 6.18 Å². The highest BCUT2D eigenvalue weighted by atomic mass is 19.4. The van der Waals surface area contributed by atoms with Gasteiger partial charge < -0.3 is 15.7 Å². The Morgan fingerprint density at radius 1 is 1.12 bits per heavy atom. The highest BCUT2D eigenvalue weighted by Gasteiger charge is 2.40. The smallest absolute Gasteiger partial charge is 0.379 e. The van der Waals surface area contributed by atoms with Gasteiger partial charge in [-0.15, -0.1) is 0 Å². The molecule has 7 heteroatoms. The lowest BCUT2D eigenvalue weighted by Gasteiger charge is -2.19. The number of aliphatic hydroxyl groups excluding tert-OH is 1. The largest absolute Gasteiger partial charge is 0.418 e. The van der Waals surface area contributed by atoms with Crippen LogP contribution in [0.3, 0.4) is 0 Å². The minimum atomic E-state index is -4.78. The quantitative estimate of drug-likeness (QED) is 0.764. The van der Waals surface area contributed by atoms with Gasteiger partial charge in [0, 0.05) is 16.9 Å². The molecule has 4 nitrogen and oxygen atoms in total. The highest BCUT2D eigenvalue weighted by Crippen LogP contribution is 2.35. The van der Waals surface area contributed by atoms with E-state index in [4.69, 9.17) is 0 Å². The SMILES string of the molecule is Cc1ccc(NC(=O)CNc2ccccc2[C@H](O)C(F)(F)F)c(C)c1. The Morgan fingerprint density at radius 3 is 2.44 bits per heavy atom. The van der Waals surface area contributed by atoms with E-state index in [9.17, 15) is 23.1 Å². The Kier molecular flexibility index (Phi) is 5.69. The number of carbonyl (C=O) groups excluding carboxylic acids is 1. The second-order valence-corrected chi connectivity index (χ2v) is 5.75. The number of anilines is 2. The molecule has 0 saturated heterocycles. The summed E-state index contributed by atoms with van der Waals surface area (Å²) in [4.78, 5) is 12.0. The van der Waals surface area contributed by atoms with E-state index in [1.54, 1.807) is 6.07 Å². The van der Waals surface area contributed by atoms with Crippen molar-refractivity contribution < 1.29 is 23.1 Å². The summed E-state index contributed by atoms with van der Waals surface area (Å²) in [5, 5.41) is 14.8. The molecule has 0 unspecified atom stereocenters. The Balaban J connectivity index is 2.05. The summed E-state index contributed by atoms with van der Waals surface area (Å²) in [5.41, 5.74) is 2.32. The summed E-state index contributed by atoms with van der Waals surface area (Å²) in [7, 11) is 0. The van der Waals surface area contributed by atoms with Crippen LogP contribution in [-0.4, -0.2) is 23.7 Å². The number of nitrogens with one attached hydrogen (secondary N) is 2. The van der Waals surface area contributed by atoms with E-state index >= 15 is 0 Å². The first-order valence-corrected chi connectivity index (χ1v) is 7.63. The fourth-order valence-corrected chi connectivity index (χ4v) is 2.40. The van der Waals surface area contributed by atoms with Crippen molar-refractivity contribution in [1.29, 1.82) is 0 Å². The maximum Gasteiger partial charge on any atom is 0.418 e. The maximum absolute atomic E-state index is 12.7. The molecular formula is C18H19F3N2O2. The number of alkyl halides is 3. The molecule has 0 aliphatic heterocycles. The average Bonchev–Trinajstić information content (AvgIpc) is 2.54. The molecule has 0 radical (unpaired) electrons. The molecule has 2 rings (SSSR count). The predicted molar refractivity (Wildman–Crippen MR) is 90.5 cm³/mol. The Hall–Kier alpha value is -2.54. The van der Waals surface area contributed by atoms with Gasteiger partial charge in [0.15, 0.2) is 6.10 Å². The minimum Gasteiger partial charge on any atom is -0.379 e. The summed E-state index contributed by atoms with van der Waals surface area (Å²) in [6, 6.07) is 11.0. The number of rotatable bonds is 5. The van der Waals surface area contributed by atoms with Crippen LogP contribution < -0.4 is 10.6 Å². The van der Waals surface area contributed by atoms with E-state index in [2.05, 4.69) is 10.6 Å². The Bertz CT molecular complexity index is 760. The fourth-order valence-electron chi connectivity index (χ4n) is 2.40. The number of amides is 1. The summed E-state index contributed by atoms with van der Waals surface area (Å²) in [5.74, 6) is -0.400. The number of hydrogen-bond acceptors (Lipinski definition) is 3. The van der Waals surface area contributed by atoms with Gasteiger partial charge in [0.25, 0.3) is 0 Å². The number of halogens is 3. The summed E-state index contributed by atoms with van der Waals surface area (Å²) >= 11 is 0. The predicted octanol–water partition coefficient (Wildman–Crippen LogP) is 3.95. The first kappa shape index (κ1) is 18.8. The van der Waals surface area contributed by atoms with Gasteiger partial charge in [-0.3, -0.25) is 4.79 Å². The molecule has 134 valence electrons. The molecule has 0 fully saturated rings. The molecule has 0 aliphatic carbocycles. The molecule has 2 aromatic rings. The van der Waals surface area contributed by atoms with Crippen molar-refractivity contribution in [3.8, 4) is 0 Å². The van der Waals surface area contributed by atoms with Crippen molar-refractivity contribution >= 4 is 17.3 Å².